The van der Waals surface area contributed by atoms with Gasteiger partial charge >= 0.3 is 0 Å². The molecule has 0 unspecified atom stereocenters. The minimum Gasteiger partial charge on any atom is -0.456 e. The van der Waals surface area contributed by atoms with Crippen LogP contribution < -0.4 is 5.43 Å². The number of benzene rings is 3. The zero-order chi connectivity index (χ0) is 15.1. The molecule has 3 aromatic carbocycles. The second kappa shape index (κ2) is 5.11. The summed E-state index contributed by atoms with van der Waals surface area (Å²) in [6.07, 6.45) is 0. The van der Waals surface area contributed by atoms with Crippen LogP contribution in [-0.4, -0.2) is 0 Å². The summed E-state index contributed by atoms with van der Waals surface area (Å²) in [5, 5.41) is 1.22. The number of rotatable bonds is 1. The zero-order valence-corrected chi connectivity index (χ0v) is 13.1. The zero-order valence-electron chi connectivity index (χ0n) is 11.5. The van der Waals surface area contributed by atoms with Crippen LogP contribution in [-0.2, 0) is 0 Å². The molecule has 106 valence electrons. The summed E-state index contributed by atoms with van der Waals surface area (Å²) in [5.41, 5.74) is 3.12. The van der Waals surface area contributed by atoms with Crippen LogP contribution in [0.4, 0.5) is 0 Å². The lowest BCUT2D eigenvalue weighted by atomic mass is 10.00. The van der Waals surface area contributed by atoms with Gasteiger partial charge in [-0.05, 0) is 35.4 Å². The van der Waals surface area contributed by atoms with Crippen molar-refractivity contribution in [2.45, 2.75) is 0 Å². The van der Waals surface area contributed by atoms with Gasteiger partial charge in [0.2, 0.25) is 5.43 Å². The lowest BCUT2D eigenvalue weighted by Crippen LogP contribution is -2.03. The number of fused-ring (bicyclic) bond motifs is 2. The fourth-order valence-electron chi connectivity index (χ4n) is 2.73. The van der Waals surface area contributed by atoms with Crippen molar-refractivity contribution in [3.05, 3.63) is 81.4 Å². The van der Waals surface area contributed by atoms with Gasteiger partial charge in [-0.2, -0.15) is 0 Å². The first kappa shape index (κ1) is 13.3. The number of halogens is 1. The predicted molar refractivity (Wildman–Crippen MR) is 93.1 cm³/mol. The molecule has 0 fully saturated rings. The van der Waals surface area contributed by atoms with E-state index in [0.717, 1.165) is 15.6 Å². The topological polar surface area (TPSA) is 30.2 Å². The largest absolute Gasteiger partial charge is 0.456 e. The lowest BCUT2D eigenvalue weighted by Gasteiger charge is -2.07. The second-order valence-corrected chi connectivity index (χ2v) is 6.03. The Bertz CT molecular complexity index is 1050. The van der Waals surface area contributed by atoms with E-state index in [-0.39, 0.29) is 5.43 Å². The third-order valence-electron chi connectivity index (χ3n) is 3.75. The van der Waals surface area contributed by atoms with Gasteiger partial charge < -0.3 is 4.42 Å². The first-order chi connectivity index (χ1) is 10.7. The highest BCUT2D eigenvalue weighted by molar-refractivity contribution is 9.10. The van der Waals surface area contributed by atoms with Crippen LogP contribution in [0.1, 0.15) is 0 Å². The highest BCUT2D eigenvalue weighted by Gasteiger charge is 2.12. The van der Waals surface area contributed by atoms with Crippen molar-refractivity contribution in [2.75, 3.05) is 0 Å². The van der Waals surface area contributed by atoms with Crippen LogP contribution in [0.25, 0.3) is 33.1 Å². The summed E-state index contributed by atoms with van der Waals surface area (Å²) >= 11 is 3.41. The molecule has 0 aliphatic rings. The molecule has 0 aliphatic carbocycles. The molecule has 4 aromatic rings. The molecule has 0 N–H and O–H groups in total. The van der Waals surface area contributed by atoms with Gasteiger partial charge in [-0.3, -0.25) is 4.79 Å². The molecule has 0 atom stereocenters. The maximum atomic E-state index is 12.9. The maximum absolute atomic E-state index is 12.9. The summed E-state index contributed by atoms with van der Waals surface area (Å²) in [6.45, 7) is 0. The summed E-state index contributed by atoms with van der Waals surface area (Å²) in [6, 6.07) is 21.1. The van der Waals surface area contributed by atoms with Gasteiger partial charge in [0.05, 0.1) is 10.8 Å². The molecule has 3 heteroatoms. The van der Waals surface area contributed by atoms with Gasteiger partial charge in [-0.25, -0.2) is 0 Å². The second-order valence-electron chi connectivity index (χ2n) is 5.12. The Morgan fingerprint density at radius 3 is 2.45 bits per heavy atom. The van der Waals surface area contributed by atoms with Gasteiger partial charge in [0.1, 0.15) is 11.2 Å². The summed E-state index contributed by atoms with van der Waals surface area (Å²) in [5.74, 6) is 0. The van der Waals surface area contributed by atoms with Crippen LogP contribution in [0.5, 0.6) is 0 Å². The molecular formula is C19H11BrO2. The van der Waals surface area contributed by atoms with Crippen molar-refractivity contribution in [1.82, 2.24) is 0 Å². The minimum atomic E-state index is 0.00297. The Labute approximate surface area is 135 Å². The molecule has 1 heterocycles. The Hall–Kier alpha value is -2.39. The van der Waals surface area contributed by atoms with E-state index in [1.165, 1.54) is 0 Å². The Morgan fingerprint density at radius 1 is 0.818 bits per heavy atom. The monoisotopic (exact) mass is 350 g/mol. The van der Waals surface area contributed by atoms with E-state index in [9.17, 15) is 4.79 Å². The molecule has 0 radical (unpaired) electrons. The molecule has 2 nitrogen and oxygen atoms in total. The van der Waals surface area contributed by atoms with Crippen LogP contribution in [0, 0.1) is 0 Å². The van der Waals surface area contributed by atoms with Crippen molar-refractivity contribution >= 4 is 37.9 Å². The SMILES string of the molecule is O=c1c2ccc(Br)cc2oc2cccc(-c3ccccc3)c12. The first-order valence-corrected chi connectivity index (χ1v) is 7.74. The Balaban J connectivity index is 2.17. The van der Waals surface area contributed by atoms with E-state index >= 15 is 0 Å². The first-order valence-electron chi connectivity index (χ1n) is 6.94. The molecular weight excluding hydrogens is 340 g/mol. The molecule has 0 saturated carbocycles. The third-order valence-corrected chi connectivity index (χ3v) is 4.24. The van der Waals surface area contributed by atoms with Gasteiger partial charge in [0.15, 0.2) is 0 Å². The fraction of sp³-hybridized carbons (Fsp3) is 0. The van der Waals surface area contributed by atoms with E-state index in [1.807, 2.05) is 60.7 Å². The van der Waals surface area contributed by atoms with E-state index < -0.39 is 0 Å². The average molecular weight is 351 g/mol. The molecule has 0 aliphatic heterocycles. The third kappa shape index (κ3) is 2.06. The Kier molecular flexibility index (Phi) is 3.09. The van der Waals surface area contributed by atoms with Crippen molar-refractivity contribution in [3.63, 3.8) is 0 Å². The average Bonchev–Trinajstić information content (AvgIpc) is 2.55. The lowest BCUT2D eigenvalue weighted by molar-refractivity contribution is 0.660. The number of hydrogen-bond donors (Lipinski definition) is 0. The molecule has 0 spiro atoms. The van der Waals surface area contributed by atoms with Crippen LogP contribution in [0.15, 0.2) is 80.4 Å². The van der Waals surface area contributed by atoms with Crippen molar-refractivity contribution < 1.29 is 4.42 Å². The van der Waals surface area contributed by atoms with Gasteiger partial charge in [0.25, 0.3) is 0 Å². The molecule has 0 amide bonds. The highest BCUT2D eigenvalue weighted by Crippen LogP contribution is 2.29. The van der Waals surface area contributed by atoms with Gasteiger partial charge in [-0.1, -0.05) is 58.4 Å². The maximum Gasteiger partial charge on any atom is 0.201 e. The van der Waals surface area contributed by atoms with E-state index in [2.05, 4.69) is 15.9 Å². The van der Waals surface area contributed by atoms with Crippen molar-refractivity contribution in [1.29, 1.82) is 0 Å². The highest BCUT2D eigenvalue weighted by atomic mass is 79.9. The minimum absolute atomic E-state index is 0.00297. The molecule has 0 bridgehead atoms. The van der Waals surface area contributed by atoms with E-state index in [4.69, 9.17) is 4.42 Å². The van der Waals surface area contributed by atoms with Gasteiger partial charge in [0, 0.05) is 4.47 Å². The predicted octanol–water partition coefficient (Wildman–Crippen LogP) is 5.38. The van der Waals surface area contributed by atoms with E-state index in [0.29, 0.717) is 21.9 Å². The summed E-state index contributed by atoms with van der Waals surface area (Å²) < 4.78 is 6.83. The summed E-state index contributed by atoms with van der Waals surface area (Å²) in [7, 11) is 0. The van der Waals surface area contributed by atoms with Gasteiger partial charge in [-0.15, -0.1) is 0 Å². The Morgan fingerprint density at radius 2 is 1.64 bits per heavy atom. The molecule has 4 rings (SSSR count). The fourth-order valence-corrected chi connectivity index (χ4v) is 3.07. The van der Waals surface area contributed by atoms with Crippen LogP contribution in [0.2, 0.25) is 0 Å². The normalized spacial score (nSPS) is 11.1. The molecule has 0 saturated heterocycles. The van der Waals surface area contributed by atoms with Crippen LogP contribution in [0.3, 0.4) is 0 Å². The van der Waals surface area contributed by atoms with Crippen molar-refractivity contribution in [2.24, 2.45) is 0 Å². The molecule has 22 heavy (non-hydrogen) atoms. The smallest absolute Gasteiger partial charge is 0.201 e. The number of hydrogen-bond acceptors (Lipinski definition) is 2. The standard InChI is InChI=1S/C19H11BrO2/c20-13-9-10-15-17(11-13)22-16-8-4-7-14(18(16)19(15)21)12-5-2-1-3-6-12/h1-11H. The molecule has 1 aromatic heterocycles. The van der Waals surface area contributed by atoms with Crippen molar-refractivity contribution in [3.8, 4) is 11.1 Å². The quantitative estimate of drug-likeness (QED) is 0.431. The summed E-state index contributed by atoms with van der Waals surface area (Å²) in [4.78, 5) is 12.9. The van der Waals surface area contributed by atoms with E-state index in [1.54, 1.807) is 6.07 Å². The van der Waals surface area contributed by atoms with Crippen LogP contribution >= 0.6 is 15.9 Å².